The number of H-pyrrole nitrogens is 1. The summed E-state index contributed by atoms with van der Waals surface area (Å²) < 4.78 is 7.39. The van der Waals surface area contributed by atoms with Crippen LogP contribution in [0.2, 0.25) is 0 Å². The van der Waals surface area contributed by atoms with Gasteiger partial charge in [-0.2, -0.15) is 0 Å². The molecular formula is C30H26N4OS. The van der Waals surface area contributed by atoms with Gasteiger partial charge in [-0.1, -0.05) is 54.6 Å². The molecule has 6 aromatic rings. The molecule has 178 valence electrons. The Balaban J connectivity index is 1.25. The zero-order valence-electron chi connectivity index (χ0n) is 19.6. The van der Waals surface area contributed by atoms with Gasteiger partial charge in [-0.05, 0) is 53.8 Å². The molecule has 4 N–H and O–H groups in total. The summed E-state index contributed by atoms with van der Waals surface area (Å²) in [4.78, 5) is 9.19. The fourth-order valence-corrected chi connectivity index (χ4v) is 5.51. The Morgan fingerprint density at radius 3 is 2.64 bits per heavy atom. The number of aromatic nitrogens is 2. The first-order valence-corrected chi connectivity index (χ1v) is 12.8. The maximum Gasteiger partial charge on any atom is 0.139 e. The fraction of sp³-hybridized carbons (Fsp3) is 0.100. The first kappa shape index (κ1) is 22.3. The highest BCUT2D eigenvalue weighted by Crippen LogP contribution is 2.39. The summed E-state index contributed by atoms with van der Waals surface area (Å²) in [7, 11) is 0. The molecule has 0 bridgehead atoms. The molecule has 3 aromatic heterocycles. The third kappa shape index (κ3) is 4.69. The van der Waals surface area contributed by atoms with E-state index in [0.29, 0.717) is 12.4 Å². The van der Waals surface area contributed by atoms with Gasteiger partial charge >= 0.3 is 0 Å². The maximum atomic E-state index is 6.47. The Morgan fingerprint density at radius 1 is 0.944 bits per heavy atom. The van der Waals surface area contributed by atoms with Crippen molar-refractivity contribution in [1.29, 1.82) is 0 Å². The minimum absolute atomic E-state index is 0.140. The molecule has 3 aromatic carbocycles. The lowest BCUT2D eigenvalue weighted by molar-refractivity contribution is 0.287. The monoisotopic (exact) mass is 490 g/mol. The normalized spacial score (nSPS) is 12.1. The maximum absolute atomic E-state index is 6.47. The number of pyridine rings is 1. The number of thiophene rings is 1. The Hall–Kier alpha value is -4.13. The van der Waals surface area contributed by atoms with Crippen LogP contribution in [0.4, 0.5) is 11.5 Å². The molecule has 3 heterocycles. The second kappa shape index (κ2) is 9.85. The molecule has 0 amide bonds. The number of ether oxygens (including phenoxy) is 1. The third-order valence-electron chi connectivity index (χ3n) is 6.21. The molecule has 0 aliphatic rings. The smallest absolute Gasteiger partial charge is 0.139 e. The number of anilines is 2. The summed E-state index contributed by atoms with van der Waals surface area (Å²) >= 11 is 1.75. The van der Waals surface area contributed by atoms with E-state index in [1.54, 1.807) is 17.5 Å². The molecule has 0 fully saturated rings. The van der Waals surface area contributed by atoms with Gasteiger partial charge in [0.2, 0.25) is 0 Å². The van der Waals surface area contributed by atoms with Crippen molar-refractivity contribution in [3.63, 3.8) is 0 Å². The average Bonchev–Trinajstić information content (AvgIpc) is 3.53. The van der Waals surface area contributed by atoms with Gasteiger partial charge in [-0.25, -0.2) is 4.98 Å². The first-order valence-electron chi connectivity index (χ1n) is 12.0. The SMILES string of the molecule is N[C@@H](COc1cnc(Nc2ccccc2)c(-c2cc3ccccc3s2)c1)Cc1c[nH]c2ccccc12. The summed E-state index contributed by atoms with van der Waals surface area (Å²) in [6.45, 7) is 0.401. The van der Waals surface area contributed by atoms with Crippen molar-refractivity contribution in [1.82, 2.24) is 9.97 Å². The Morgan fingerprint density at radius 2 is 1.75 bits per heavy atom. The van der Waals surface area contributed by atoms with E-state index in [-0.39, 0.29) is 6.04 Å². The van der Waals surface area contributed by atoms with Crippen LogP contribution in [0.25, 0.3) is 31.4 Å². The molecule has 0 spiro atoms. The van der Waals surface area contributed by atoms with Crippen molar-refractivity contribution >= 4 is 43.8 Å². The number of fused-ring (bicyclic) bond motifs is 2. The number of nitrogens with zero attached hydrogens (tertiary/aromatic N) is 1. The second-order valence-electron chi connectivity index (χ2n) is 8.84. The van der Waals surface area contributed by atoms with Crippen LogP contribution in [0.15, 0.2) is 103 Å². The van der Waals surface area contributed by atoms with E-state index in [1.807, 2.05) is 48.7 Å². The highest BCUT2D eigenvalue weighted by atomic mass is 32.1. The molecule has 0 radical (unpaired) electrons. The summed E-state index contributed by atoms with van der Waals surface area (Å²) in [6, 6.07) is 30.9. The Bertz CT molecular complexity index is 1590. The number of hydrogen-bond acceptors (Lipinski definition) is 5. The molecule has 0 unspecified atom stereocenters. The third-order valence-corrected chi connectivity index (χ3v) is 7.36. The van der Waals surface area contributed by atoms with Crippen molar-refractivity contribution < 1.29 is 4.74 Å². The van der Waals surface area contributed by atoms with Crippen LogP contribution in [-0.4, -0.2) is 22.6 Å². The predicted molar refractivity (Wildman–Crippen MR) is 150 cm³/mol. The van der Waals surface area contributed by atoms with Crippen LogP contribution >= 0.6 is 11.3 Å². The topological polar surface area (TPSA) is 76.0 Å². The lowest BCUT2D eigenvalue weighted by Crippen LogP contribution is -2.30. The van der Waals surface area contributed by atoms with Crippen molar-refractivity contribution in [2.24, 2.45) is 5.73 Å². The molecular weight excluding hydrogens is 464 g/mol. The van der Waals surface area contributed by atoms with Crippen LogP contribution < -0.4 is 15.8 Å². The van der Waals surface area contributed by atoms with Gasteiger partial charge in [0, 0.05) is 44.0 Å². The summed E-state index contributed by atoms with van der Waals surface area (Å²) in [5, 5.41) is 5.89. The van der Waals surface area contributed by atoms with Crippen LogP contribution in [0.5, 0.6) is 5.75 Å². The fourth-order valence-electron chi connectivity index (χ4n) is 4.43. The van der Waals surface area contributed by atoms with E-state index in [2.05, 4.69) is 58.8 Å². The van der Waals surface area contributed by atoms with Gasteiger partial charge < -0.3 is 20.8 Å². The number of aromatic amines is 1. The molecule has 5 nitrogen and oxygen atoms in total. The van der Waals surface area contributed by atoms with E-state index in [0.717, 1.165) is 33.9 Å². The lowest BCUT2D eigenvalue weighted by Gasteiger charge is -2.15. The molecule has 0 aliphatic heterocycles. The quantitative estimate of drug-likeness (QED) is 0.212. The van der Waals surface area contributed by atoms with Gasteiger partial charge in [-0.3, -0.25) is 0 Å². The number of benzene rings is 3. The summed E-state index contributed by atoms with van der Waals surface area (Å²) in [6.07, 6.45) is 4.53. The zero-order chi connectivity index (χ0) is 24.3. The largest absolute Gasteiger partial charge is 0.490 e. The van der Waals surface area contributed by atoms with Gasteiger partial charge in [0.25, 0.3) is 0 Å². The number of rotatable bonds is 8. The van der Waals surface area contributed by atoms with Crippen LogP contribution in [-0.2, 0) is 6.42 Å². The minimum Gasteiger partial charge on any atom is -0.490 e. The minimum atomic E-state index is -0.140. The van der Waals surface area contributed by atoms with Crippen molar-refractivity contribution in [2.45, 2.75) is 12.5 Å². The average molecular weight is 491 g/mol. The van der Waals surface area contributed by atoms with E-state index < -0.39 is 0 Å². The van der Waals surface area contributed by atoms with Crippen molar-refractivity contribution in [3.8, 4) is 16.2 Å². The molecule has 6 heteroatoms. The highest BCUT2D eigenvalue weighted by Gasteiger charge is 2.14. The molecule has 6 rings (SSSR count). The molecule has 0 saturated carbocycles. The number of hydrogen-bond donors (Lipinski definition) is 3. The summed E-state index contributed by atoms with van der Waals surface area (Å²) in [5.41, 5.74) is 10.8. The Kier molecular flexibility index (Phi) is 6.11. The van der Waals surface area contributed by atoms with Gasteiger partial charge in [0.1, 0.15) is 18.2 Å². The lowest BCUT2D eigenvalue weighted by atomic mass is 10.1. The number of para-hydroxylation sites is 2. The van der Waals surface area contributed by atoms with E-state index in [1.165, 1.54) is 21.0 Å². The summed E-state index contributed by atoms with van der Waals surface area (Å²) in [5.74, 6) is 1.50. The van der Waals surface area contributed by atoms with Gasteiger partial charge in [-0.15, -0.1) is 11.3 Å². The van der Waals surface area contributed by atoms with E-state index >= 15 is 0 Å². The van der Waals surface area contributed by atoms with Crippen molar-refractivity contribution in [2.75, 3.05) is 11.9 Å². The van der Waals surface area contributed by atoms with Crippen LogP contribution in [0.3, 0.4) is 0 Å². The first-order chi connectivity index (χ1) is 17.7. The molecule has 1 atom stereocenters. The zero-order valence-corrected chi connectivity index (χ0v) is 20.5. The van der Waals surface area contributed by atoms with Gasteiger partial charge in [0.05, 0.1) is 6.20 Å². The van der Waals surface area contributed by atoms with Crippen molar-refractivity contribution in [3.05, 3.63) is 109 Å². The number of nitrogens with one attached hydrogen (secondary N) is 2. The Labute approximate surface area is 213 Å². The van der Waals surface area contributed by atoms with Gasteiger partial charge in [0.15, 0.2) is 0 Å². The molecule has 0 aliphatic carbocycles. The van der Waals surface area contributed by atoms with Crippen LogP contribution in [0, 0.1) is 0 Å². The predicted octanol–water partition coefficient (Wildman–Crippen LogP) is 7.14. The van der Waals surface area contributed by atoms with Crippen LogP contribution in [0.1, 0.15) is 5.56 Å². The second-order valence-corrected chi connectivity index (χ2v) is 9.93. The number of nitrogens with two attached hydrogens (primary N) is 1. The standard InChI is InChI=1S/C30H26N4OS/c31-22(14-21-17-32-27-12-6-5-11-25(21)27)19-35-24-16-26(29-15-20-8-4-7-13-28(20)36-29)30(33-18-24)34-23-9-2-1-3-10-23/h1-13,15-18,22,32H,14,19,31H2,(H,33,34)/t22-/m1/s1. The van der Waals surface area contributed by atoms with E-state index in [9.17, 15) is 0 Å². The van der Waals surface area contributed by atoms with E-state index in [4.69, 9.17) is 15.5 Å². The highest BCUT2D eigenvalue weighted by molar-refractivity contribution is 7.22. The molecule has 36 heavy (non-hydrogen) atoms. The molecule has 0 saturated heterocycles.